The summed E-state index contributed by atoms with van der Waals surface area (Å²) >= 11 is 0. The van der Waals surface area contributed by atoms with Gasteiger partial charge in [0.1, 0.15) is 5.82 Å². The second-order valence-corrected chi connectivity index (χ2v) is 6.47. The maximum absolute atomic E-state index is 5.89. The molecule has 0 aliphatic heterocycles. The molecule has 0 atom stereocenters. The predicted molar refractivity (Wildman–Crippen MR) is 80.9 cm³/mol. The van der Waals surface area contributed by atoms with E-state index in [1.165, 1.54) is 12.8 Å². The molecule has 4 heteroatoms. The second-order valence-electron chi connectivity index (χ2n) is 6.47. The van der Waals surface area contributed by atoms with Crippen molar-refractivity contribution in [2.45, 2.75) is 53.0 Å². The van der Waals surface area contributed by atoms with E-state index in [1.54, 1.807) is 0 Å². The summed E-state index contributed by atoms with van der Waals surface area (Å²) in [5, 5.41) is 3.44. The van der Waals surface area contributed by atoms with Gasteiger partial charge < -0.3 is 10.1 Å². The second kappa shape index (κ2) is 7.02. The number of rotatable bonds is 8. The minimum absolute atomic E-state index is 0.344. The van der Waals surface area contributed by atoms with Crippen molar-refractivity contribution in [3.8, 4) is 5.75 Å². The van der Waals surface area contributed by atoms with E-state index in [1.807, 2.05) is 6.20 Å². The highest BCUT2D eigenvalue weighted by molar-refractivity contribution is 5.25. The first-order valence-electron chi connectivity index (χ1n) is 7.75. The van der Waals surface area contributed by atoms with E-state index in [2.05, 4.69) is 43.0 Å². The van der Waals surface area contributed by atoms with Crippen molar-refractivity contribution in [1.29, 1.82) is 0 Å². The van der Waals surface area contributed by atoms with Crippen LogP contribution in [0.25, 0.3) is 0 Å². The van der Waals surface area contributed by atoms with Gasteiger partial charge in [-0.2, -0.15) is 0 Å². The molecule has 1 aliphatic carbocycles. The molecule has 0 amide bonds. The van der Waals surface area contributed by atoms with Gasteiger partial charge in [0.05, 0.1) is 18.5 Å². The fourth-order valence-electron chi connectivity index (χ4n) is 1.92. The largest absolute Gasteiger partial charge is 0.490 e. The van der Waals surface area contributed by atoms with Crippen molar-refractivity contribution in [1.82, 2.24) is 15.3 Å². The molecule has 0 bridgehead atoms. The van der Waals surface area contributed by atoms with E-state index in [-0.39, 0.29) is 0 Å². The Morgan fingerprint density at radius 1 is 1.30 bits per heavy atom. The Kier molecular flexibility index (Phi) is 5.35. The van der Waals surface area contributed by atoms with E-state index >= 15 is 0 Å². The fraction of sp³-hybridized carbons (Fsp3) is 0.750. The van der Waals surface area contributed by atoms with Crippen molar-refractivity contribution in [2.75, 3.05) is 13.2 Å². The van der Waals surface area contributed by atoms with Gasteiger partial charge in [-0.15, -0.1) is 0 Å². The van der Waals surface area contributed by atoms with Crippen molar-refractivity contribution in [2.24, 2.45) is 11.8 Å². The van der Waals surface area contributed by atoms with Gasteiger partial charge in [-0.25, -0.2) is 9.97 Å². The number of hydrogen-bond acceptors (Lipinski definition) is 4. The highest BCUT2D eigenvalue weighted by atomic mass is 16.5. The number of ether oxygens (including phenoxy) is 1. The lowest BCUT2D eigenvalue weighted by Gasteiger charge is -2.14. The topological polar surface area (TPSA) is 47.0 Å². The number of nitrogens with one attached hydrogen (secondary N) is 1. The first-order valence-corrected chi connectivity index (χ1v) is 7.75. The molecule has 0 saturated heterocycles. The zero-order valence-electron chi connectivity index (χ0n) is 13.1. The summed E-state index contributed by atoms with van der Waals surface area (Å²) in [5.41, 5.74) is 0.991. The van der Waals surface area contributed by atoms with Crippen LogP contribution in [0, 0.1) is 11.8 Å². The molecule has 0 unspecified atom stereocenters. The van der Waals surface area contributed by atoms with E-state index in [4.69, 9.17) is 4.74 Å². The fourth-order valence-corrected chi connectivity index (χ4v) is 1.92. The third-order valence-corrected chi connectivity index (χ3v) is 3.38. The van der Waals surface area contributed by atoms with Crippen LogP contribution in [0.3, 0.4) is 0 Å². The molecule has 1 fully saturated rings. The SMILES string of the molecule is CC(C)CNCc1nc(C(C)C)ncc1OCC1CC1. The van der Waals surface area contributed by atoms with Gasteiger partial charge in [0.15, 0.2) is 5.75 Å². The monoisotopic (exact) mass is 277 g/mol. The Morgan fingerprint density at radius 2 is 2.05 bits per heavy atom. The number of aromatic nitrogens is 2. The molecule has 1 aliphatic rings. The summed E-state index contributed by atoms with van der Waals surface area (Å²) in [6, 6.07) is 0. The molecule has 0 spiro atoms. The zero-order chi connectivity index (χ0) is 14.5. The summed E-state index contributed by atoms with van der Waals surface area (Å²) in [7, 11) is 0. The molecule has 2 rings (SSSR count). The van der Waals surface area contributed by atoms with Crippen molar-refractivity contribution < 1.29 is 4.74 Å². The van der Waals surface area contributed by atoms with Crippen LogP contribution in [0.1, 0.15) is 58.0 Å². The van der Waals surface area contributed by atoms with Crippen LogP contribution in [0.2, 0.25) is 0 Å². The summed E-state index contributed by atoms with van der Waals surface area (Å²) in [5.74, 6) is 3.47. The smallest absolute Gasteiger partial charge is 0.160 e. The summed E-state index contributed by atoms with van der Waals surface area (Å²) < 4.78 is 5.89. The van der Waals surface area contributed by atoms with Crippen LogP contribution in [0.4, 0.5) is 0 Å². The van der Waals surface area contributed by atoms with Gasteiger partial charge in [-0.3, -0.25) is 0 Å². The third-order valence-electron chi connectivity index (χ3n) is 3.38. The molecular formula is C16H27N3O. The highest BCUT2D eigenvalue weighted by Crippen LogP contribution is 2.30. The van der Waals surface area contributed by atoms with Crippen LogP contribution in [0.5, 0.6) is 5.75 Å². The molecule has 0 aromatic carbocycles. The van der Waals surface area contributed by atoms with Crippen molar-refractivity contribution in [3.63, 3.8) is 0 Å². The lowest BCUT2D eigenvalue weighted by Crippen LogP contribution is -2.21. The van der Waals surface area contributed by atoms with Crippen LogP contribution in [-0.2, 0) is 6.54 Å². The molecule has 1 saturated carbocycles. The van der Waals surface area contributed by atoms with Gasteiger partial charge in [0, 0.05) is 12.5 Å². The van der Waals surface area contributed by atoms with Crippen LogP contribution in [-0.4, -0.2) is 23.1 Å². The maximum Gasteiger partial charge on any atom is 0.160 e. The summed E-state index contributed by atoms with van der Waals surface area (Å²) in [6.45, 7) is 11.2. The van der Waals surface area contributed by atoms with E-state index < -0.39 is 0 Å². The van der Waals surface area contributed by atoms with E-state index in [9.17, 15) is 0 Å². The molecule has 0 radical (unpaired) electrons. The van der Waals surface area contributed by atoms with Crippen LogP contribution in [0.15, 0.2) is 6.20 Å². The van der Waals surface area contributed by atoms with Gasteiger partial charge >= 0.3 is 0 Å². The minimum atomic E-state index is 0.344. The Balaban J connectivity index is 2.02. The first kappa shape index (κ1) is 15.2. The number of nitrogens with zero attached hydrogens (tertiary/aromatic N) is 2. The molecular weight excluding hydrogens is 250 g/mol. The molecule has 1 heterocycles. The van der Waals surface area contributed by atoms with Crippen molar-refractivity contribution >= 4 is 0 Å². The lowest BCUT2D eigenvalue weighted by molar-refractivity contribution is 0.292. The summed E-state index contributed by atoms with van der Waals surface area (Å²) in [4.78, 5) is 9.09. The molecule has 1 aromatic rings. The predicted octanol–water partition coefficient (Wildman–Crippen LogP) is 3.13. The highest BCUT2D eigenvalue weighted by Gasteiger charge is 2.22. The van der Waals surface area contributed by atoms with Gasteiger partial charge in [-0.1, -0.05) is 27.7 Å². The van der Waals surface area contributed by atoms with Crippen molar-refractivity contribution in [3.05, 3.63) is 17.7 Å². The van der Waals surface area contributed by atoms with Gasteiger partial charge in [0.2, 0.25) is 0 Å². The first-order chi connectivity index (χ1) is 9.56. The third kappa shape index (κ3) is 4.75. The van der Waals surface area contributed by atoms with Crippen LogP contribution >= 0.6 is 0 Å². The maximum atomic E-state index is 5.89. The Bertz CT molecular complexity index is 428. The average Bonchev–Trinajstić information content (AvgIpc) is 3.20. The summed E-state index contributed by atoms with van der Waals surface area (Å²) in [6.07, 6.45) is 4.44. The van der Waals surface area contributed by atoms with E-state index in [0.717, 1.165) is 42.9 Å². The average molecular weight is 277 g/mol. The van der Waals surface area contributed by atoms with E-state index in [0.29, 0.717) is 11.8 Å². The molecule has 112 valence electrons. The van der Waals surface area contributed by atoms with Crippen LogP contribution < -0.4 is 10.1 Å². The Hall–Kier alpha value is -1.16. The van der Waals surface area contributed by atoms with Gasteiger partial charge in [-0.05, 0) is 31.2 Å². The zero-order valence-corrected chi connectivity index (χ0v) is 13.1. The van der Waals surface area contributed by atoms with Gasteiger partial charge in [0.25, 0.3) is 0 Å². The standard InChI is InChI=1S/C16H27N3O/c1-11(2)7-17-8-14-15(20-10-13-5-6-13)9-18-16(19-14)12(3)4/h9,11-13,17H,5-8,10H2,1-4H3. The molecule has 20 heavy (non-hydrogen) atoms. The molecule has 4 nitrogen and oxygen atoms in total. The molecule has 1 aromatic heterocycles. The minimum Gasteiger partial charge on any atom is -0.490 e. The molecule has 1 N–H and O–H groups in total. The Labute approximate surface area is 122 Å². The normalized spacial score (nSPS) is 15.1. The lowest BCUT2D eigenvalue weighted by atomic mass is 10.2. The quantitative estimate of drug-likeness (QED) is 0.793. The number of hydrogen-bond donors (Lipinski definition) is 1. The Morgan fingerprint density at radius 3 is 2.65 bits per heavy atom.